The van der Waals surface area contributed by atoms with Gasteiger partial charge in [-0.2, -0.15) is 0 Å². The summed E-state index contributed by atoms with van der Waals surface area (Å²) < 4.78 is 1.18. The van der Waals surface area contributed by atoms with E-state index in [2.05, 4.69) is 0 Å². The lowest BCUT2D eigenvalue weighted by molar-refractivity contribution is -0.384. The van der Waals surface area contributed by atoms with Crippen molar-refractivity contribution in [1.82, 2.24) is 4.57 Å². The molecule has 6 heteroatoms. The Morgan fingerprint density at radius 1 is 1.32 bits per heavy atom. The van der Waals surface area contributed by atoms with Crippen molar-refractivity contribution in [3.63, 3.8) is 0 Å². The van der Waals surface area contributed by atoms with Crippen LogP contribution in [0.2, 0.25) is 0 Å². The lowest BCUT2D eigenvalue weighted by Crippen LogP contribution is -2.21. The first-order valence-electron chi connectivity index (χ1n) is 5.75. The first-order valence-corrected chi connectivity index (χ1v) is 5.75. The minimum absolute atomic E-state index is 0.0458. The molecule has 0 saturated carbocycles. The SMILES string of the molecule is CC(C)(C)c1cc2cc([N+](=O)[O-])ccc2n1C(=O)O. The fourth-order valence-corrected chi connectivity index (χ4v) is 2.07. The summed E-state index contributed by atoms with van der Waals surface area (Å²) in [6.45, 7) is 5.69. The van der Waals surface area contributed by atoms with Crippen molar-refractivity contribution in [3.05, 3.63) is 40.1 Å². The normalized spacial score (nSPS) is 11.7. The molecule has 0 aliphatic heterocycles. The fourth-order valence-electron chi connectivity index (χ4n) is 2.07. The van der Waals surface area contributed by atoms with Crippen LogP contribution in [0.15, 0.2) is 24.3 Å². The molecule has 2 aromatic rings. The van der Waals surface area contributed by atoms with E-state index in [1.165, 1.54) is 22.8 Å². The monoisotopic (exact) mass is 262 g/mol. The van der Waals surface area contributed by atoms with Gasteiger partial charge in [0, 0.05) is 28.6 Å². The molecule has 0 unspecified atom stereocenters. The second kappa shape index (κ2) is 4.08. The molecule has 0 aliphatic carbocycles. The molecule has 1 aromatic heterocycles. The largest absolute Gasteiger partial charge is 0.464 e. The van der Waals surface area contributed by atoms with Gasteiger partial charge in [0.15, 0.2) is 0 Å². The topological polar surface area (TPSA) is 85.4 Å². The number of non-ortho nitro benzene ring substituents is 1. The van der Waals surface area contributed by atoms with Crippen molar-refractivity contribution in [2.24, 2.45) is 0 Å². The number of fused-ring (bicyclic) bond motifs is 1. The van der Waals surface area contributed by atoms with Crippen molar-refractivity contribution in [1.29, 1.82) is 0 Å². The van der Waals surface area contributed by atoms with E-state index in [0.717, 1.165) is 0 Å². The summed E-state index contributed by atoms with van der Waals surface area (Å²) in [4.78, 5) is 21.6. The summed E-state index contributed by atoms with van der Waals surface area (Å²) in [6.07, 6.45) is -1.09. The summed E-state index contributed by atoms with van der Waals surface area (Å²) in [5.74, 6) is 0. The molecule has 100 valence electrons. The zero-order chi connectivity index (χ0) is 14.4. The molecule has 0 saturated heterocycles. The van der Waals surface area contributed by atoms with Gasteiger partial charge in [0.1, 0.15) is 0 Å². The highest BCUT2D eigenvalue weighted by molar-refractivity contribution is 5.91. The van der Waals surface area contributed by atoms with Gasteiger partial charge in [-0.05, 0) is 12.1 Å². The third-order valence-corrected chi connectivity index (χ3v) is 2.96. The smallest absolute Gasteiger partial charge is 0.416 e. The summed E-state index contributed by atoms with van der Waals surface area (Å²) in [7, 11) is 0. The molecule has 2 rings (SSSR count). The molecule has 0 spiro atoms. The average Bonchev–Trinajstić information content (AvgIpc) is 2.66. The third-order valence-electron chi connectivity index (χ3n) is 2.96. The lowest BCUT2D eigenvalue weighted by atomic mass is 9.92. The summed E-state index contributed by atoms with van der Waals surface area (Å²) in [5, 5.41) is 20.6. The number of hydrogen-bond acceptors (Lipinski definition) is 3. The molecule has 1 aromatic carbocycles. The van der Waals surface area contributed by atoms with Gasteiger partial charge in [0.05, 0.1) is 10.4 Å². The number of carbonyl (C=O) groups is 1. The number of nitro groups is 1. The van der Waals surface area contributed by atoms with Crippen molar-refractivity contribution in [3.8, 4) is 0 Å². The minimum Gasteiger partial charge on any atom is -0.464 e. The van der Waals surface area contributed by atoms with Crippen molar-refractivity contribution in [2.75, 3.05) is 0 Å². The van der Waals surface area contributed by atoms with E-state index < -0.39 is 11.0 Å². The van der Waals surface area contributed by atoms with Gasteiger partial charge in [-0.15, -0.1) is 0 Å². The van der Waals surface area contributed by atoms with E-state index in [-0.39, 0.29) is 11.1 Å². The maximum atomic E-state index is 11.4. The van der Waals surface area contributed by atoms with E-state index in [9.17, 15) is 20.0 Å². The highest BCUT2D eigenvalue weighted by Gasteiger charge is 2.24. The van der Waals surface area contributed by atoms with Gasteiger partial charge in [-0.1, -0.05) is 20.8 Å². The van der Waals surface area contributed by atoms with Crippen LogP contribution < -0.4 is 0 Å². The Bertz CT molecular complexity index is 680. The van der Waals surface area contributed by atoms with Crippen molar-refractivity contribution < 1.29 is 14.8 Å². The average molecular weight is 262 g/mol. The number of hydrogen-bond donors (Lipinski definition) is 1. The number of aromatic nitrogens is 1. The Morgan fingerprint density at radius 3 is 2.42 bits per heavy atom. The molecule has 0 bridgehead atoms. The maximum Gasteiger partial charge on any atom is 0.416 e. The predicted octanol–water partition coefficient (Wildman–Crippen LogP) is 3.37. The quantitative estimate of drug-likeness (QED) is 0.630. The molecular weight excluding hydrogens is 248 g/mol. The summed E-state index contributed by atoms with van der Waals surface area (Å²) in [5.41, 5.74) is 0.653. The van der Waals surface area contributed by atoms with E-state index in [1.54, 1.807) is 6.07 Å². The van der Waals surface area contributed by atoms with Crippen LogP contribution in [-0.2, 0) is 5.41 Å². The third kappa shape index (κ3) is 2.16. The van der Waals surface area contributed by atoms with Gasteiger partial charge < -0.3 is 5.11 Å². The van der Waals surface area contributed by atoms with Crippen LogP contribution in [0.3, 0.4) is 0 Å². The predicted molar refractivity (Wildman–Crippen MR) is 70.7 cm³/mol. The van der Waals surface area contributed by atoms with Crippen molar-refractivity contribution in [2.45, 2.75) is 26.2 Å². The Kier molecular flexibility index (Phi) is 2.81. The maximum absolute atomic E-state index is 11.4. The van der Waals surface area contributed by atoms with E-state index in [4.69, 9.17) is 0 Å². The first kappa shape index (κ1) is 13.1. The molecule has 0 radical (unpaired) electrons. The van der Waals surface area contributed by atoms with Crippen LogP contribution in [-0.4, -0.2) is 20.7 Å². The zero-order valence-electron chi connectivity index (χ0n) is 10.9. The first-order chi connectivity index (χ1) is 8.71. The lowest BCUT2D eigenvalue weighted by Gasteiger charge is -2.19. The summed E-state index contributed by atoms with van der Waals surface area (Å²) in [6, 6.07) is 5.87. The van der Waals surface area contributed by atoms with Gasteiger partial charge in [0.2, 0.25) is 0 Å². The van der Waals surface area contributed by atoms with E-state index >= 15 is 0 Å². The molecule has 6 nitrogen and oxygen atoms in total. The van der Waals surface area contributed by atoms with Crippen LogP contribution in [0.1, 0.15) is 26.5 Å². The second-order valence-corrected chi connectivity index (χ2v) is 5.40. The molecule has 0 fully saturated rings. The van der Waals surface area contributed by atoms with Gasteiger partial charge in [0.25, 0.3) is 5.69 Å². The molecule has 0 atom stereocenters. The number of nitro benzene ring substituents is 1. The molecule has 1 N–H and O–H groups in total. The molecular formula is C13H14N2O4. The molecule has 19 heavy (non-hydrogen) atoms. The number of carboxylic acid groups (broad SMARTS) is 1. The Hall–Kier alpha value is -2.37. The van der Waals surface area contributed by atoms with E-state index in [1.807, 2.05) is 20.8 Å². The van der Waals surface area contributed by atoms with Crippen LogP contribution in [0.4, 0.5) is 10.5 Å². The Balaban J connectivity index is 2.80. The number of nitrogens with zero attached hydrogens (tertiary/aromatic N) is 2. The standard InChI is InChI=1S/C13H14N2O4/c1-13(2,3)11-7-8-6-9(15(18)19)4-5-10(8)14(11)12(16)17/h4-7H,1-3H3,(H,16,17). The molecule has 0 aliphatic rings. The highest BCUT2D eigenvalue weighted by atomic mass is 16.6. The second-order valence-electron chi connectivity index (χ2n) is 5.40. The highest BCUT2D eigenvalue weighted by Crippen LogP contribution is 2.31. The molecule has 1 heterocycles. The Morgan fingerprint density at radius 2 is 1.95 bits per heavy atom. The van der Waals surface area contributed by atoms with Gasteiger partial charge in [-0.25, -0.2) is 9.36 Å². The van der Waals surface area contributed by atoms with Crippen LogP contribution in [0, 0.1) is 10.1 Å². The minimum atomic E-state index is -1.09. The van der Waals surface area contributed by atoms with Crippen LogP contribution in [0.5, 0.6) is 0 Å². The van der Waals surface area contributed by atoms with Gasteiger partial charge in [-0.3, -0.25) is 10.1 Å². The van der Waals surface area contributed by atoms with Crippen molar-refractivity contribution >= 4 is 22.7 Å². The number of rotatable bonds is 1. The van der Waals surface area contributed by atoms with Crippen LogP contribution >= 0.6 is 0 Å². The zero-order valence-corrected chi connectivity index (χ0v) is 10.9. The van der Waals surface area contributed by atoms with E-state index in [0.29, 0.717) is 16.6 Å². The van der Waals surface area contributed by atoms with Crippen LogP contribution in [0.25, 0.3) is 10.9 Å². The number of benzene rings is 1. The Labute approximate surface area is 109 Å². The van der Waals surface area contributed by atoms with Gasteiger partial charge >= 0.3 is 6.09 Å². The molecule has 0 amide bonds. The summed E-state index contributed by atoms with van der Waals surface area (Å²) >= 11 is 0. The fraction of sp³-hybridized carbons (Fsp3) is 0.308.